The van der Waals surface area contributed by atoms with E-state index in [1.807, 2.05) is 50.2 Å². The van der Waals surface area contributed by atoms with Crippen LogP contribution in [-0.4, -0.2) is 8.77 Å². The van der Waals surface area contributed by atoms with Gasteiger partial charge in [0, 0.05) is 22.8 Å². The number of hydrogen-bond donors (Lipinski definition) is 0. The van der Waals surface area contributed by atoms with Gasteiger partial charge in [-0.1, -0.05) is 36.4 Å². The van der Waals surface area contributed by atoms with Crippen LogP contribution in [0.1, 0.15) is 11.1 Å². The van der Waals surface area contributed by atoms with Gasteiger partial charge in [0.2, 0.25) is 8.77 Å². The third kappa shape index (κ3) is 6.93. The van der Waals surface area contributed by atoms with Gasteiger partial charge >= 0.3 is 0 Å². The molecule has 0 aliphatic heterocycles. The van der Waals surface area contributed by atoms with E-state index in [9.17, 15) is 4.57 Å². The normalized spacial score (nSPS) is 11.0. The second-order valence-electron chi connectivity index (χ2n) is 4.85. The zero-order valence-electron chi connectivity index (χ0n) is 13.3. The summed E-state index contributed by atoms with van der Waals surface area (Å²) in [6.07, 6.45) is 0. The summed E-state index contributed by atoms with van der Waals surface area (Å²) < 4.78 is 23.8. The molecule has 0 bridgehead atoms. The first-order valence-corrected chi connectivity index (χ1v) is 13.3. The van der Waals surface area contributed by atoms with E-state index in [2.05, 4.69) is 0 Å². The smallest absolute Gasteiger partial charge is 0.291 e. The number of rotatable bonds is 4. The minimum Gasteiger partial charge on any atom is -0.439 e. The molecule has 132 valence electrons. The summed E-state index contributed by atoms with van der Waals surface area (Å²) in [7, 11) is 0. The molecular weight excluding hydrogens is 435 g/mol. The third-order valence-electron chi connectivity index (χ3n) is 2.94. The molecule has 0 aliphatic carbocycles. The fourth-order valence-electron chi connectivity index (χ4n) is 1.76. The number of thiocarbonyl (C=S) groups is 2. The minimum absolute atomic E-state index is 0.0684. The maximum atomic E-state index is 12.5. The number of hydrogen-bond acceptors (Lipinski definition) is 7. The standard InChI is InChI=1S/C16H14ClO3PS4/c1-11-7-3-5-9-13(11)19-15(22)24-21(17,18)25-16(23)20-14-10-6-4-8-12(14)2/h3-10H,1-2H3. The average molecular weight is 449 g/mol. The molecule has 25 heavy (non-hydrogen) atoms. The first kappa shape index (κ1) is 20.7. The summed E-state index contributed by atoms with van der Waals surface area (Å²) in [6.45, 7) is 3.78. The number of benzene rings is 2. The van der Waals surface area contributed by atoms with Gasteiger partial charge in [-0.2, -0.15) is 0 Å². The second kappa shape index (κ2) is 9.40. The van der Waals surface area contributed by atoms with E-state index in [4.69, 9.17) is 45.2 Å². The summed E-state index contributed by atoms with van der Waals surface area (Å²) in [5, 5.41) is 0. The van der Waals surface area contributed by atoms with Gasteiger partial charge in [0.25, 0.3) is 4.90 Å². The van der Waals surface area contributed by atoms with Gasteiger partial charge in [0.1, 0.15) is 11.5 Å². The van der Waals surface area contributed by atoms with Crippen LogP contribution in [0.2, 0.25) is 0 Å². The van der Waals surface area contributed by atoms with Gasteiger partial charge in [-0.25, -0.2) is 0 Å². The molecule has 0 aromatic heterocycles. The Hall–Kier alpha value is -0.560. The predicted molar refractivity (Wildman–Crippen MR) is 117 cm³/mol. The Morgan fingerprint density at radius 3 is 1.60 bits per heavy atom. The quantitative estimate of drug-likeness (QED) is 0.363. The van der Waals surface area contributed by atoms with Gasteiger partial charge in [-0.15, -0.1) is 0 Å². The fraction of sp³-hybridized carbons (Fsp3) is 0.125. The Balaban J connectivity index is 1.93. The maximum absolute atomic E-state index is 12.5. The lowest BCUT2D eigenvalue weighted by Crippen LogP contribution is -2.02. The van der Waals surface area contributed by atoms with Crippen molar-refractivity contribution in [2.75, 3.05) is 0 Å². The Kier molecular flexibility index (Phi) is 7.80. The molecule has 0 atom stereocenters. The van der Waals surface area contributed by atoms with Crippen molar-refractivity contribution in [2.45, 2.75) is 13.8 Å². The van der Waals surface area contributed by atoms with E-state index in [-0.39, 0.29) is 8.77 Å². The molecule has 9 heteroatoms. The van der Waals surface area contributed by atoms with Gasteiger partial charge in [-0.3, -0.25) is 4.57 Å². The zero-order chi connectivity index (χ0) is 18.4. The van der Waals surface area contributed by atoms with Crippen molar-refractivity contribution >= 4 is 72.1 Å². The van der Waals surface area contributed by atoms with Crippen LogP contribution < -0.4 is 9.47 Å². The zero-order valence-corrected chi connectivity index (χ0v) is 18.2. The summed E-state index contributed by atoms with van der Waals surface area (Å²) >= 11 is 17.9. The number of aryl methyl sites for hydroxylation is 2. The second-order valence-corrected chi connectivity index (χ2v) is 15.6. The summed E-state index contributed by atoms with van der Waals surface area (Å²) in [4.78, 5) is -3.34. The minimum atomic E-state index is -3.34. The highest BCUT2D eigenvalue weighted by Gasteiger charge is 2.28. The Bertz CT molecular complexity index is 778. The predicted octanol–water partition coefficient (Wildman–Crippen LogP) is 7.14. The summed E-state index contributed by atoms with van der Waals surface area (Å²) in [6, 6.07) is 14.8. The van der Waals surface area contributed by atoms with E-state index in [0.29, 0.717) is 11.5 Å². The molecule has 0 radical (unpaired) electrons. The molecule has 2 aromatic carbocycles. The lowest BCUT2D eigenvalue weighted by molar-refractivity contribution is 0.574. The first-order chi connectivity index (χ1) is 11.8. The van der Waals surface area contributed by atoms with Crippen LogP contribution in [0.3, 0.4) is 0 Å². The van der Waals surface area contributed by atoms with E-state index in [1.54, 1.807) is 12.1 Å². The molecule has 0 saturated carbocycles. The van der Waals surface area contributed by atoms with E-state index in [1.165, 1.54) is 0 Å². The Labute approximate surface area is 170 Å². The highest BCUT2D eigenvalue weighted by atomic mass is 35.7. The van der Waals surface area contributed by atoms with Crippen molar-refractivity contribution < 1.29 is 14.0 Å². The van der Waals surface area contributed by atoms with Crippen molar-refractivity contribution in [3.63, 3.8) is 0 Å². The topological polar surface area (TPSA) is 35.5 Å². The maximum Gasteiger partial charge on any atom is 0.291 e. The van der Waals surface area contributed by atoms with E-state index >= 15 is 0 Å². The molecule has 0 N–H and O–H groups in total. The van der Waals surface area contributed by atoms with Crippen LogP contribution in [0.5, 0.6) is 11.5 Å². The van der Waals surface area contributed by atoms with Crippen LogP contribution in [0.4, 0.5) is 0 Å². The number of halogens is 1. The lowest BCUT2D eigenvalue weighted by Gasteiger charge is -2.13. The monoisotopic (exact) mass is 448 g/mol. The average Bonchev–Trinajstić information content (AvgIpc) is 2.50. The summed E-state index contributed by atoms with van der Waals surface area (Å²) in [5.41, 5.74) is 1.84. The van der Waals surface area contributed by atoms with Crippen molar-refractivity contribution in [3.8, 4) is 11.5 Å². The molecule has 0 spiro atoms. The molecule has 0 saturated heterocycles. The molecule has 3 nitrogen and oxygen atoms in total. The molecule has 0 amide bonds. The fourth-order valence-corrected chi connectivity index (χ4v) is 10.1. The van der Waals surface area contributed by atoms with Gasteiger partial charge < -0.3 is 9.47 Å². The Morgan fingerprint density at radius 1 is 0.880 bits per heavy atom. The highest BCUT2D eigenvalue weighted by Crippen LogP contribution is 2.74. The van der Waals surface area contributed by atoms with Crippen molar-refractivity contribution in [1.82, 2.24) is 0 Å². The highest BCUT2D eigenvalue weighted by molar-refractivity contribution is 9.03. The van der Waals surface area contributed by atoms with Crippen LogP contribution >= 0.6 is 63.3 Å². The van der Waals surface area contributed by atoms with Crippen LogP contribution in [0.15, 0.2) is 48.5 Å². The third-order valence-corrected chi connectivity index (χ3v) is 10.1. The van der Waals surface area contributed by atoms with Crippen molar-refractivity contribution in [1.29, 1.82) is 0 Å². The molecule has 0 unspecified atom stereocenters. The van der Waals surface area contributed by atoms with E-state index < -0.39 is 4.90 Å². The Morgan fingerprint density at radius 2 is 1.24 bits per heavy atom. The van der Waals surface area contributed by atoms with Crippen LogP contribution in [0.25, 0.3) is 0 Å². The van der Waals surface area contributed by atoms with Crippen LogP contribution in [-0.2, 0) is 4.57 Å². The molecule has 2 aromatic rings. The molecular formula is C16H14ClO3PS4. The van der Waals surface area contributed by atoms with Gasteiger partial charge in [0.15, 0.2) is 0 Å². The molecule has 0 aliphatic rings. The molecule has 0 heterocycles. The molecule has 2 rings (SSSR count). The SMILES string of the molecule is Cc1ccccc1OC(=S)SP(=O)(Cl)SC(=S)Oc1ccccc1C. The number of ether oxygens (including phenoxy) is 2. The van der Waals surface area contributed by atoms with Gasteiger partial charge in [0.05, 0.1) is 0 Å². The first-order valence-electron chi connectivity index (χ1n) is 7.00. The largest absolute Gasteiger partial charge is 0.439 e. The van der Waals surface area contributed by atoms with Crippen molar-refractivity contribution in [3.05, 3.63) is 59.7 Å². The van der Waals surface area contributed by atoms with Crippen molar-refractivity contribution in [2.24, 2.45) is 0 Å². The number of para-hydroxylation sites is 2. The van der Waals surface area contributed by atoms with Crippen LogP contribution in [0, 0.1) is 13.8 Å². The lowest BCUT2D eigenvalue weighted by atomic mass is 10.2. The van der Waals surface area contributed by atoms with E-state index in [0.717, 1.165) is 33.9 Å². The molecule has 0 fully saturated rings. The summed E-state index contributed by atoms with van der Waals surface area (Å²) in [5.74, 6) is 1.20. The van der Waals surface area contributed by atoms with Gasteiger partial charge in [-0.05, 0) is 72.8 Å².